The molecule has 4 aromatic carbocycles. The number of fused-ring (bicyclic) bond motifs is 3. The number of hydrogen-bond acceptors (Lipinski definition) is 7. The molecule has 0 amide bonds. The minimum Gasteiger partial charge on any atom is -0.503 e. The van der Waals surface area contributed by atoms with Crippen molar-refractivity contribution >= 4 is 21.8 Å². The van der Waals surface area contributed by atoms with E-state index in [2.05, 4.69) is 103 Å². The van der Waals surface area contributed by atoms with Crippen LogP contribution in [0.5, 0.6) is 23.0 Å². The van der Waals surface area contributed by atoms with Gasteiger partial charge in [0.1, 0.15) is 12.7 Å². The molecule has 0 unspecified atom stereocenters. The van der Waals surface area contributed by atoms with Crippen LogP contribution in [0.4, 0.5) is 0 Å². The fraction of sp³-hybridized carbons (Fsp3) is 0.178. The van der Waals surface area contributed by atoms with Crippen molar-refractivity contribution in [1.82, 2.24) is 29.5 Å². The summed E-state index contributed by atoms with van der Waals surface area (Å²) in [4.78, 5) is 22.3. The monoisotopic (exact) mass is 904 g/mol. The number of nitrogens with zero attached hydrogens (tertiary/aromatic N) is 6. The van der Waals surface area contributed by atoms with Crippen molar-refractivity contribution in [3.63, 3.8) is 0 Å². The number of aryl methyl sites for hydroxylation is 2. The molecule has 0 aliphatic heterocycles. The summed E-state index contributed by atoms with van der Waals surface area (Å²) >= 11 is 0. The molecule has 0 N–H and O–H groups in total. The average Bonchev–Trinajstić information content (AvgIpc) is 3.47. The Morgan fingerprint density at radius 3 is 1.42 bits per heavy atom. The fourth-order valence-corrected chi connectivity index (χ4v) is 6.43. The molecular formula is C45H36N6O2Pd2. The topological polar surface area (TPSA) is 87.8 Å². The van der Waals surface area contributed by atoms with Gasteiger partial charge in [0, 0.05) is 35.4 Å². The smallest absolute Gasteiger partial charge is 0.503 e. The van der Waals surface area contributed by atoms with Crippen LogP contribution in [0.25, 0.3) is 50.3 Å². The van der Waals surface area contributed by atoms with E-state index in [1.807, 2.05) is 77.6 Å². The van der Waals surface area contributed by atoms with Crippen LogP contribution in [0.1, 0.15) is 61.8 Å². The molecule has 4 aromatic heterocycles. The molecule has 4 heterocycles. The fourth-order valence-electron chi connectivity index (χ4n) is 6.43. The molecule has 0 radical (unpaired) electrons. The molecule has 10 heteroatoms. The third kappa shape index (κ3) is 8.15. The van der Waals surface area contributed by atoms with E-state index in [4.69, 9.17) is 9.47 Å². The maximum absolute atomic E-state index is 6.60. The summed E-state index contributed by atoms with van der Waals surface area (Å²) < 4.78 is 15.1. The Bertz CT molecular complexity index is 2460. The molecule has 8 aromatic rings. The molecule has 0 aliphatic rings. The zero-order valence-corrected chi connectivity index (χ0v) is 34.1. The van der Waals surface area contributed by atoms with Crippen LogP contribution in [0, 0.1) is 38.1 Å². The van der Waals surface area contributed by atoms with Crippen LogP contribution >= 0.6 is 0 Å². The molecule has 8 rings (SSSR count). The summed E-state index contributed by atoms with van der Waals surface area (Å²) in [5, 5.41) is 1.87. The molecule has 0 fully saturated rings. The zero-order valence-electron chi connectivity index (χ0n) is 31.0. The Kier molecular flexibility index (Phi) is 12.1. The SMILES string of the molecule is Cc1ccnc(-c2[c-]c(Oc3[c-]c4c(cc3)c3ccc(Oc5[c-]c(-c6cc(C)ccn6)ccc5C(C)C)[c-]c3n4-c3ncncn3)c(C(C)C)cc2)c1.[Pd+2].[Pd+2]. The Hall–Kier alpha value is -5.09. The average molecular weight is 906 g/mol. The van der Waals surface area contributed by atoms with Gasteiger partial charge in [0.2, 0.25) is 5.95 Å². The Morgan fingerprint density at radius 1 is 0.545 bits per heavy atom. The largest absolute Gasteiger partial charge is 2.00 e. The Labute approximate surface area is 348 Å². The van der Waals surface area contributed by atoms with Gasteiger partial charge in [-0.05, 0) is 37.4 Å². The van der Waals surface area contributed by atoms with E-state index in [0.29, 0.717) is 28.9 Å². The van der Waals surface area contributed by atoms with Crippen LogP contribution in [-0.2, 0) is 40.8 Å². The van der Waals surface area contributed by atoms with Gasteiger partial charge in [0.25, 0.3) is 0 Å². The molecule has 0 saturated heterocycles. The van der Waals surface area contributed by atoms with Gasteiger partial charge in [0.15, 0.2) is 0 Å². The van der Waals surface area contributed by atoms with E-state index < -0.39 is 0 Å². The first-order chi connectivity index (χ1) is 25.7. The van der Waals surface area contributed by atoms with Crippen LogP contribution < -0.4 is 9.47 Å². The molecule has 0 spiro atoms. The number of benzene rings is 4. The van der Waals surface area contributed by atoms with Gasteiger partial charge in [0.05, 0.1) is 0 Å². The van der Waals surface area contributed by atoms with E-state index in [0.717, 1.165) is 66.6 Å². The van der Waals surface area contributed by atoms with Gasteiger partial charge in [-0.3, -0.25) is 0 Å². The molecule has 0 atom stereocenters. The maximum atomic E-state index is 6.60. The first-order valence-electron chi connectivity index (χ1n) is 17.6. The molecule has 0 aliphatic carbocycles. The second kappa shape index (κ2) is 16.7. The number of hydrogen-bond donors (Lipinski definition) is 0. The summed E-state index contributed by atoms with van der Waals surface area (Å²) in [6.45, 7) is 12.7. The molecule has 278 valence electrons. The first-order valence-corrected chi connectivity index (χ1v) is 17.6. The van der Waals surface area contributed by atoms with Crippen LogP contribution in [0.15, 0.2) is 97.8 Å². The quantitative estimate of drug-likeness (QED) is 0.105. The number of rotatable bonds is 9. The van der Waals surface area contributed by atoms with Crippen molar-refractivity contribution in [2.24, 2.45) is 0 Å². The summed E-state index contributed by atoms with van der Waals surface area (Å²) in [6, 6.07) is 38.2. The van der Waals surface area contributed by atoms with Crippen molar-refractivity contribution in [2.45, 2.75) is 53.4 Å². The number of pyridine rings is 2. The van der Waals surface area contributed by atoms with Gasteiger partial charge < -0.3 is 24.0 Å². The minimum atomic E-state index is 0. The third-order valence-corrected chi connectivity index (χ3v) is 9.14. The van der Waals surface area contributed by atoms with Crippen molar-refractivity contribution in [3.8, 4) is 51.5 Å². The molecular weight excluding hydrogens is 869 g/mol. The summed E-state index contributed by atoms with van der Waals surface area (Å²) in [7, 11) is 0. The number of ether oxygens (including phenoxy) is 2. The van der Waals surface area contributed by atoms with E-state index in [1.165, 1.54) is 12.7 Å². The second-order valence-corrected chi connectivity index (χ2v) is 13.7. The Morgan fingerprint density at radius 2 is 1.00 bits per heavy atom. The van der Waals surface area contributed by atoms with Gasteiger partial charge in [-0.2, -0.15) is 22.9 Å². The van der Waals surface area contributed by atoms with E-state index in [-0.39, 0.29) is 52.7 Å². The van der Waals surface area contributed by atoms with Gasteiger partial charge in [-0.15, -0.1) is 59.7 Å². The first kappa shape index (κ1) is 39.6. The molecule has 0 saturated carbocycles. The maximum Gasteiger partial charge on any atom is 2.00 e. The van der Waals surface area contributed by atoms with Crippen molar-refractivity contribution in [3.05, 3.63) is 144 Å². The van der Waals surface area contributed by atoms with Gasteiger partial charge in [-0.1, -0.05) is 97.1 Å². The second-order valence-electron chi connectivity index (χ2n) is 13.7. The van der Waals surface area contributed by atoms with Crippen LogP contribution in [0.2, 0.25) is 0 Å². The predicted molar refractivity (Wildman–Crippen MR) is 207 cm³/mol. The minimum absolute atomic E-state index is 0. The molecule has 55 heavy (non-hydrogen) atoms. The van der Waals surface area contributed by atoms with Gasteiger partial charge in [-0.25, -0.2) is 15.0 Å². The summed E-state index contributed by atoms with van der Waals surface area (Å²) in [5.41, 5.74) is 9.15. The molecule has 0 bridgehead atoms. The summed E-state index contributed by atoms with van der Waals surface area (Å²) in [5.74, 6) is 3.14. The normalized spacial score (nSPS) is 11.1. The van der Waals surface area contributed by atoms with E-state index in [9.17, 15) is 0 Å². The number of aromatic nitrogens is 6. The Balaban J connectivity index is 0.00000257. The molecule has 8 nitrogen and oxygen atoms in total. The standard InChI is InChI=1S/C45H36N6O2.2Pd/c1-27(2)35-11-7-31(39-19-29(5)15-17-47-39)21-43(35)52-33-9-13-37-38-14-10-34(24-42(38)51(41(37)23-33)45-49-25-46-26-50-45)53-44-22-32(8-12-36(44)28(3)4)40-20-30(6)16-18-48-40;;/h7-20,25-28H,1-6H3;;/q-4;2*+2. The van der Waals surface area contributed by atoms with Crippen molar-refractivity contribution in [1.29, 1.82) is 0 Å². The van der Waals surface area contributed by atoms with E-state index in [1.54, 1.807) is 0 Å². The predicted octanol–water partition coefficient (Wildman–Crippen LogP) is 10.7. The van der Waals surface area contributed by atoms with Crippen molar-refractivity contribution < 1.29 is 50.3 Å². The van der Waals surface area contributed by atoms with Crippen LogP contribution in [0.3, 0.4) is 0 Å². The third-order valence-electron chi connectivity index (χ3n) is 9.14. The van der Waals surface area contributed by atoms with Gasteiger partial charge >= 0.3 is 40.8 Å². The van der Waals surface area contributed by atoms with E-state index >= 15 is 0 Å². The van der Waals surface area contributed by atoms with Crippen molar-refractivity contribution in [2.75, 3.05) is 0 Å². The van der Waals surface area contributed by atoms with Crippen LogP contribution in [-0.4, -0.2) is 29.5 Å². The zero-order chi connectivity index (χ0) is 36.6. The summed E-state index contributed by atoms with van der Waals surface area (Å²) in [6.07, 6.45) is 6.58.